The van der Waals surface area contributed by atoms with Crippen molar-refractivity contribution in [3.63, 3.8) is 0 Å². The number of hydrogen-bond donors (Lipinski definition) is 0. The van der Waals surface area contributed by atoms with Gasteiger partial charge in [0.15, 0.2) is 0 Å². The number of hydrogen-bond acceptors (Lipinski definition) is 4. The van der Waals surface area contributed by atoms with Gasteiger partial charge in [-0.25, -0.2) is 0 Å². The minimum atomic E-state index is -0.710. The summed E-state index contributed by atoms with van der Waals surface area (Å²) in [5.74, 6) is -0.119. The van der Waals surface area contributed by atoms with Crippen LogP contribution in [0.25, 0.3) is 5.57 Å². The molecule has 4 heteroatoms. The Balaban J connectivity index is 1.82. The summed E-state index contributed by atoms with van der Waals surface area (Å²) >= 11 is 0. The topological polar surface area (TPSA) is 52.6 Å². The molecule has 0 radical (unpaired) electrons. The van der Waals surface area contributed by atoms with Crippen molar-refractivity contribution >= 4 is 17.5 Å². The zero-order valence-electron chi connectivity index (χ0n) is 12.7. The number of fused-ring (bicyclic) bond motifs is 5. The summed E-state index contributed by atoms with van der Waals surface area (Å²) in [5.41, 5.74) is 2.92. The number of carbonyl (C=O) groups is 2. The average Bonchev–Trinajstić information content (AvgIpc) is 2.76. The number of methoxy groups -OCH3 is 1. The Morgan fingerprint density at radius 1 is 1.27 bits per heavy atom. The smallest absolute Gasteiger partial charge is 0.320 e. The maximum atomic E-state index is 12.3. The highest BCUT2D eigenvalue weighted by atomic mass is 16.6. The van der Waals surface area contributed by atoms with Crippen LogP contribution in [0.3, 0.4) is 0 Å². The fourth-order valence-corrected chi connectivity index (χ4v) is 4.33. The van der Waals surface area contributed by atoms with Gasteiger partial charge in [-0.2, -0.15) is 0 Å². The van der Waals surface area contributed by atoms with Gasteiger partial charge >= 0.3 is 11.9 Å². The van der Waals surface area contributed by atoms with Crippen LogP contribution in [0.5, 0.6) is 5.75 Å². The Morgan fingerprint density at radius 2 is 2.09 bits per heavy atom. The van der Waals surface area contributed by atoms with E-state index in [2.05, 4.69) is 18.2 Å². The molecule has 0 spiro atoms. The van der Waals surface area contributed by atoms with Gasteiger partial charge in [0.2, 0.25) is 0 Å². The molecule has 0 aromatic heterocycles. The van der Waals surface area contributed by atoms with Crippen molar-refractivity contribution in [3.8, 4) is 5.75 Å². The van der Waals surface area contributed by atoms with E-state index in [4.69, 9.17) is 9.47 Å². The van der Waals surface area contributed by atoms with Crippen LogP contribution in [0.15, 0.2) is 24.3 Å². The monoisotopic (exact) mass is 298 g/mol. The molecule has 4 rings (SSSR count). The first kappa shape index (κ1) is 13.6. The largest absolute Gasteiger partial charge is 0.497 e. The van der Waals surface area contributed by atoms with Crippen LogP contribution in [0.1, 0.15) is 30.9 Å². The van der Waals surface area contributed by atoms with Crippen LogP contribution in [-0.4, -0.2) is 19.0 Å². The number of aryl methyl sites for hydroxylation is 1. The predicted molar refractivity (Wildman–Crippen MR) is 80.1 cm³/mol. The Bertz CT molecular complexity index is 718. The summed E-state index contributed by atoms with van der Waals surface area (Å²) < 4.78 is 10.3. The lowest BCUT2D eigenvalue weighted by molar-refractivity contribution is -0.155. The first-order chi connectivity index (χ1) is 10.6. The number of cyclic esters (lactones) is 2. The maximum absolute atomic E-state index is 12.3. The van der Waals surface area contributed by atoms with Gasteiger partial charge in [0.05, 0.1) is 18.4 Å². The highest BCUT2D eigenvalue weighted by Crippen LogP contribution is 2.56. The highest BCUT2D eigenvalue weighted by Gasteiger charge is 2.60. The summed E-state index contributed by atoms with van der Waals surface area (Å²) in [6.07, 6.45) is 4.46. The molecular formula is C18H18O4. The third kappa shape index (κ3) is 1.58. The summed E-state index contributed by atoms with van der Waals surface area (Å²) in [5, 5.41) is 0. The molecule has 0 N–H and O–H groups in total. The molecule has 0 bridgehead atoms. The minimum absolute atomic E-state index is 0.0612. The van der Waals surface area contributed by atoms with E-state index in [1.807, 2.05) is 13.0 Å². The van der Waals surface area contributed by atoms with E-state index >= 15 is 0 Å². The Hall–Kier alpha value is -2.10. The van der Waals surface area contributed by atoms with Crippen molar-refractivity contribution in [2.24, 2.45) is 17.3 Å². The molecule has 0 unspecified atom stereocenters. The lowest BCUT2D eigenvalue weighted by atomic mass is 9.57. The predicted octanol–water partition coefficient (Wildman–Crippen LogP) is 2.75. The SMILES string of the molecule is COc1ccc2c(c1)CC[C@H]1C2=CC[C@@H]2C(=O)OC(=O)[C@]21C. The molecule has 114 valence electrons. The molecule has 3 atom stereocenters. The quantitative estimate of drug-likeness (QED) is 0.591. The summed E-state index contributed by atoms with van der Waals surface area (Å²) in [6.45, 7) is 1.90. The van der Waals surface area contributed by atoms with Crippen molar-refractivity contribution in [2.45, 2.75) is 26.2 Å². The summed E-state index contributed by atoms with van der Waals surface area (Å²) in [4.78, 5) is 24.3. The van der Waals surface area contributed by atoms with Gasteiger partial charge in [0.1, 0.15) is 5.75 Å². The van der Waals surface area contributed by atoms with Crippen molar-refractivity contribution in [3.05, 3.63) is 35.4 Å². The third-order valence-electron chi connectivity index (χ3n) is 5.64. The van der Waals surface area contributed by atoms with Crippen molar-refractivity contribution < 1.29 is 19.1 Å². The van der Waals surface area contributed by atoms with Crippen molar-refractivity contribution in [1.29, 1.82) is 0 Å². The molecule has 1 aliphatic heterocycles. The molecule has 1 fully saturated rings. The van der Waals surface area contributed by atoms with Gasteiger partial charge in [0, 0.05) is 5.92 Å². The molecule has 0 saturated carbocycles. The molecule has 22 heavy (non-hydrogen) atoms. The van der Waals surface area contributed by atoms with Crippen LogP contribution >= 0.6 is 0 Å². The molecule has 0 amide bonds. The average molecular weight is 298 g/mol. The van der Waals surface area contributed by atoms with Gasteiger partial charge < -0.3 is 9.47 Å². The fraction of sp³-hybridized carbons (Fsp3) is 0.444. The molecule has 1 heterocycles. The van der Waals surface area contributed by atoms with Crippen molar-refractivity contribution in [1.82, 2.24) is 0 Å². The van der Waals surface area contributed by atoms with Crippen LogP contribution in [0, 0.1) is 17.3 Å². The molecule has 1 aromatic carbocycles. The molecule has 1 saturated heterocycles. The van der Waals surface area contributed by atoms with Gasteiger partial charge in [-0.15, -0.1) is 0 Å². The summed E-state index contributed by atoms with van der Waals surface area (Å²) in [7, 11) is 1.67. The first-order valence-corrected chi connectivity index (χ1v) is 7.69. The zero-order chi connectivity index (χ0) is 15.5. The standard InChI is InChI=1S/C18H18O4/c1-18-14-7-3-10-9-11(21-2)4-5-12(10)13(14)6-8-15(18)16(19)22-17(18)20/h4-6,9,14-15H,3,7-8H2,1-2H3/t14-,15+,18-/m0/s1. The van der Waals surface area contributed by atoms with Crippen LogP contribution in [0.4, 0.5) is 0 Å². The van der Waals surface area contributed by atoms with E-state index in [9.17, 15) is 9.59 Å². The van der Waals surface area contributed by atoms with Crippen LogP contribution < -0.4 is 4.74 Å². The second-order valence-electron chi connectivity index (χ2n) is 6.55. The molecular weight excluding hydrogens is 280 g/mol. The number of rotatable bonds is 1. The second-order valence-corrected chi connectivity index (χ2v) is 6.55. The Labute approximate surface area is 129 Å². The van der Waals surface area contributed by atoms with Gasteiger partial charge in [-0.3, -0.25) is 9.59 Å². The van der Waals surface area contributed by atoms with E-state index < -0.39 is 5.41 Å². The minimum Gasteiger partial charge on any atom is -0.497 e. The van der Waals surface area contributed by atoms with Gasteiger partial charge in [-0.05, 0) is 55.0 Å². The zero-order valence-corrected chi connectivity index (χ0v) is 12.7. The first-order valence-electron chi connectivity index (χ1n) is 7.69. The molecule has 1 aromatic rings. The Kier molecular flexibility index (Phi) is 2.74. The van der Waals surface area contributed by atoms with E-state index in [-0.39, 0.29) is 23.8 Å². The lowest BCUT2D eigenvalue weighted by Crippen LogP contribution is -2.42. The summed E-state index contributed by atoms with van der Waals surface area (Å²) in [6, 6.07) is 6.09. The van der Waals surface area contributed by atoms with Gasteiger partial charge in [0.25, 0.3) is 0 Å². The highest BCUT2D eigenvalue weighted by molar-refractivity contribution is 6.01. The fourth-order valence-electron chi connectivity index (χ4n) is 4.33. The second kappa shape index (κ2) is 4.45. The lowest BCUT2D eigenvalue weighted by Gasteiger charge is -2.42. The number of esters is 2. The van der Waals surface area contributed by atoms with Crippen LogP contribution in [0.2, 0.25) is 0 Å². The normalized spacial score (nSPS) is 32.5. The molecule has 4 nitrogen and oxygen atoms in total. The number of ether oxygens (including phenoxy) is 2. The van der Waals surface area contributed by atoms with Crippen molar-refractivity contribution in [2.75, 3.05) is 7.11 Å². The molecule has 2 aliphatic carbocycles. The van der Waals surface area contributed by atoms with Crippen LogP contribution in [-0.2, 0) is 20.7 Å². The maximum Gasteiger partial charge on any atom is 0.320 e. The van der Waals surface area contributed by atoms with E-state index in [0.717, 1.165) is 18.6 Å². The number of benzene rings is 1. The van der Waals surface area contributed by atoms with E-state index in [1.165, 1.54) is 16.7 Å². The number of allylic oxidation sites excluding steroid dienone is 2. The number of carbonyl (C=O) groups excluding carboxylic acids is 2. The Morgan fingerprint density at radius 3 is 2.86 bits per heavy atom. The van der Waals surface area contributed by atoms with Gasteiger partial charge in [-0.1, -0.05) is 12.1 Å². The molecule has 3 aliphatic rings. The third-order valence-corrected chi connectivity index (χ3v) is 5.64. The van der Waals surface area contributed by atoms with E-state index in [0.29, 0.717) is 6.42 Å². The van der Waals surface area contributed by atoms with E-state index in [1.54, 1.807) is 7.11 Å².